The van der Waals surface area contributed by atoms with Crippen LogP contribution in [-0.2, 0) is 33.7 Å². The number of nitrogens with one attached hydrogen (secondary N) is 1. The summed E-state index contributed by atoms with van der Waals surface area (Å²) in [7, 11) is -4.01. The summed E-state index contributed by atoms with van der Waals surface area (Å²) in [5.74, 6) is -3.88. The molecule has 1 saturated heterocycles. The van der Waals surface area contributed by atoms with E-state index in [1.165, 1.54) is 6.92 Å². The molecule has 2 atom stereocenters. The number of sulfone groups is 1. The fraction of sp³-hybridized carbons (Fsp3) is 0.538. The first-order valence-corrected chi connectivity index (χ1v) is 8.88. The van der Waals surface area contributed by atoms with Gasteiger partial charge in [0.15, 0.2) is 15.2 Å². The quantitative estimate of drug-likeness (QED) is 0.435. The third-order valence-electron chi connectivity index (χ3n) is 3.56. The SMILES string of the molecule is CCOC(=O)N[C@@H]1C(=O)N2C(C(=O)O)=C(COC(C)=O)CS(=O)(=O)[C@H]12. The van der Waals surface area contributed by atoms with Gasteiger partial charge in [0.1, 0.15) is 18.3 Å². The highest BCUT2D eigenvalue weighted by molar-refractivity contribution is 7.92. The molecule has 0 unspecified atom stereocenters. The van der Waals surface area contributed by atoms with Crippen molar-refractivity contribution < 1.29 is 42.2 Å². The number of carbonyl (C=O) groups is 4. The summed E-state index contributed by atoms with van der Waals surface area (Å²) in [6, 6.07) is -1.44. The number of fused-ring (bicyclic) bond motifs is 1. The zero-order valence-electron chi connectivity index (χ0n) is 13.3. The van der Waals surface area contributed by atoms with Crippen LogP contribution < -0.4 is 5.32 Å². The lowest BCUT2D eigenvalue weighted by atomic mass is 10.0. The second kappa shape index (κ2) is 6.70. The van der Waals surface area contributed by atoms with Gasteiger partial charge in [0, 0.05) is 12.5 Å². The van der Waals surface area contributed by atoms with Crippen LogP contribution in [0.15, 0.2) is 11.3 Å². The molecular weight excluding hydrogens is 360 g/mol. The number of esters is 1. The molecular formula is C13H16N2O9S. The Labute approximate surface area is 142 Å². The summed E-state index contributed by atoms with van der Waals surface area (Å²) in [6.45, 7) is 2.05. The minimum absolute atomic E-state index is 0.0146. The second-order valence-electron chi connectivity index (χ2n) is 5.29. The second-order valence-corrected chi connectivity index (χ2v) is 7.38. The van der Waals surface area contributed by atoms with Crippen molar-refractivity contribution >= 4 is 33.8 Å². The van der Waals surface area contributed by atoms with Gasteiger partial charge in [0.25, 0.3) is 5.91 Å². The van der Waals surface area contributed by atoms with E-state index in [0.29, 0.717) is 4.90 Å². The molecule has 0 bridgehead atoms. The third kappa shape index (κ3) is 3.43. The molecule has 2 rings (SSSR count). The zero-order chi connectivity index (χ0) is 18.9. The van der Waals surface area contributed by atoms with Crippen molar-refractivity contribution in [1.82, 2.24) is 10.2 Å². The van der Waals surface area contributed by atoms with Crippen LogP contribution in [0.3, 0.4) is 0 Å². The summed E-state index contributed by atoms with van der Waals surface area (Å²) in [4.78, 5) is 46.6. The summed E-state index contributed by atoms with van der Waals surface area (Å²) < 4.78 is 34.1. The molecule has 1 fully saturated rings. The number of β-lactam (4-membered cyclic amide) rings is 1. The molecule has 2 aliphatic rings. The molecule has 0 spiro atoms. The number of alkyl carbamates (subject to hydrolysis) is 1. The van der Waals surface area contributed by atoms with Crippen LogP contribution in [0.2, 0.25) is 0 Å². The lowest BCUT2D eigenvalue weighted by molar-refractivity contribution is -0.149. The van der Waals surface area contributed by atoms with Gasteiger partial charge < -0.3 is 19.9 Å². The Morgan fingerprint density at radius 1 is 1.32 bits per heavy atom. The Morgan fingerprint density at radius 3 is 2.48 bits per heavy atom. The maximum atomic E-state index is 12.4. The first kappa shape index (κ1) is 18.7. The van der Waals surface area contributed by atoms with E-state index in [-0.39, 0.29) is 12.2 Å². The Bertz CT molecular complexity index is 770. The van der Waals surface area contributed by atoms with Crippen LogP contribution in [-0.4, -0.2) is 72.7 Å². The van der Waals surface area contributed by atoms with E-state index >= 15 is 0 Å². The molecule has 2 aliphatic heterocycles. The topological polar surface area (TPSA) is 156 Å². The molecule has 11 nitrogen and oxygen atoms in total. The van der Waals surface area contributed by atoms with Crippen molar-refractivity contribution in [2.24, 2.45) is 0 Å². The minimum Gasteiger partial charge on any atom is -0.477 e. The maximum Gasteiger partial charge on any atom is 0.407 e. The highest BCUT2D eigenvalue weighted by Gasteiger charge is 2.60. The molecule has 2 heterocycles. The molecule has 0 saturated carbocycles. The van der Waals surface area contributed by atoms with Crippen LogP contribution in [0.5, 0.6) is 0 Å². The molecule has 2 N–H and O–H groups in total. The van der Waals surface area contributed by atoms with Crippen LogP contribution in [0, 0.1) is 0 Å². The van der Waals surface area contributed by atoms with E-state index in [1.54, 1.807) is 0 Å². The van der Waals surface area contributed by atoms with Gasteiger partial charge in [-0.05, 0) is 6.92 Å². The third-order valence-corrected chi connectivity index (χ3v) is 5.53. The van der Waals surface area contributed by atoms with Crippen molar-refractivity contribution in [3.05, 3.63) is 11.3 Å². The Morgan fingerprint density at radius 2 is 1.96 bits per heavy atom. The summed E-state index contributed by atoms with van der Waals surface area (Å²) >= 11 is 0. The lowest BCUT2D eigenvalue weighted by Crippen LogP contribution is -2.74. The molecule has 25 heavy (non-hydrogen) atoms. The number of carbonyl (C=O) groups excluding carboxylic acids is 3. The van der Waals surface area contributed by atoms with Crippen LogP contribution in [0.1, 0.15) is 13.8 Å². The van der Waals surface area contributed by atoms with Gasteiger partial charge >= 0.3 is 18.0 Å². The Hall–Kier alpha value is -2.63. The lowest BCUT2D eigenvalue weighted by Gasteiger charge is -2.48. The predicted molar refractivity (Wildman–Crippen MR) is 79.7 cm³/mol. The number of rotatable bonds is 5. The van der Waals surface area contributed by atoms with Gasteiger partial charge in [0.2, 0.25) is 0 Å². The van der Waals surface area contributed by atoms with E-state index in [2.05, 4.69) is 14.8 Å². The van der Waals surface area contributed by atoms with Gasteiger partial charge in [-0.3, -0.25) is 14.5 Å². The molecule has 12 heteroatoms. The number of hydrogen-bond donors (Lipinski definition) is 2. The smallest absolute Gasteiger partial charge is 0.407 e. The van der Waals surface area contributed by atoms with Crippen molar-refractivity contribution in [1.29, 1.82) is 0 Å². The average Bonchev–Trinajstić information content (AvgIpc) is 2.49. The number of amides is 2. The fourth-order valence-electron chi connectivity index (χ4n) is 2.62. The predicted octanol–water partition coefficient (Wildman–Crippen LogP) is -1.40. The molecule has 2 amide bonds. The van der Waals surface area contributed by atoms with Crippen molar-refractivity contribution in [3.8, 4) is 0 Å². The van der Waals surface area contributed by atoms with E-state index in [9.17, 15) is 32.7 Å². The molecule has 0 aromatic carbocycles. The van der Waals surface area contributed by atoms with Gasteiger partial charge in [-0.1, -0.05) is 0 Å². The Balaban J connectivity index is 2.36. The maximum absolute atomic E-state index is 12.4. The summed E-state index contributed by atoms with van der Waals surface area (Å²) in [5.41, 5.74) is -0.783. The monoisotopic (exact) mass is 376 g/mol. The van der Waals surface area contributed by atoms with Gasteiger partial charge in [0.05, 0.1) is 12.4 Å². The Kier molecular flexibility index (Phi) is 5.02. The molecule has 138 valence electrons. The van der Waals surface area contributed by atoms with Crippen molar-refractivity contribution in [2.75, 3.05) is 19.0 Å². The minimum atomic E-state index is -4.01. The first-order valence-electron chi connectivity index (χ1n) is 7.16. The van der Waals surface area contributed by atoms with E-state index in [1.807, 2.05) is 0 Å². The number of aliphatic carboxylic acids is 1. The van der Waals surface area contributed by atoms with Crippen LogP contribution in [0.25, 0.3) is 0 Å². The summed E-state index contributed by atoms with van der Waals surface area (Å²) in [5, 5.41) is 9.91. The molecule has 0 aromatic rings. The molecule has 0 aliphatic carbocycles. The largest absolute Gasteiger partial charge is 0.477 e. The number of carboxylic acid groups (broad SMARTS) is 1. The number of ether oxygens (including phenoxy) is 2. The van der Waals surface area contributed by atoms with Gasteiger partial charge in [-0.25, -0.2) is 18.0 Å². The van der Waals surface area contributed by atoms with Crippen LogP contribution in [0.4, 0.5) is 4.79 Å². The molecule has 0 radical (unpaired) electrons. The zero-order valence-corrected chi connectivity index (χ0v) is 14.2. The first-order chi connectivity index (χ1) is 11.6. The van der Waals surface area contributed by atoms with Crippen molar-refractivity contribution in [3.63, 3.8) is 0 Å². The highest BCUT2D eigenvalue weighted by Crippen LogP contribution is 2.36. The summed E-state index contributed by atoms with van der Waals surface area (Å²) in [6.07, 6.45) is -0.984. The number of nitrogens with zero attached hydrogens (tertiary/aromatic N) is 1. The normalized spacial score (nSPS) is 24.1. The van der Waals surface area contributed by atoms with E-state index in [4.69, 9.17) is 0 Å². The van der Waals surface area contributed by atoms with Gasteiger partial charge in [-0.2, -0.15) is 0 Å². The average molecular weight is 376 g/mol. The van der Waals surface area contributed by atoms with E-state index < -0.39 is 63.2 Å². The fourth-order valence-corrected chi connectivity index (χ4v) is 4.63. The number of carboxylic acids is 1. The van der Waals surface area contributed by atoms with Crippen molar-refractivity contribution in [2.45, 2.75) is 25.3 Å². The molecule has 0 aromatic heterocycles. The van der Waals surface area contributed by atoms with E-state index in [0.717, 1.165) is 6.92 Å². The number of hydrogen-bond acceptors (Lipinski definition) is 8. The van der Waals surface area contributed by atoms with Crippen LogP contribution >= 0.6 is 0 Å². The highest BCUT2D eigenvalue weighted by atomic mass is 32.2. The standard InChI is InChI=1S/C13H16N2O9S/c1-3-23-13(20)14-8-10(17)15-9(12(18)19)7(4-24-6(2)16)5-25(21,22)11(8)15/h8,11H,3-5H2,1-2H3,(H,14,20)(H,18,19)/t8-,11-/m1/s1. The van der Waals surface area contributed by atoms with Gasteiger partial charge in [-0.15, -0.1) is 0 Å².